The minimum atomic E-state index is -0.544. The quantitative estimate of drug-likeness (QED) is 0.429. The SMILES string of the molecule is C=C/C=C(\C=C)C(CC)c1c(N=O)c2ccccc2oc1=O. The summed E-state index contributed by atoms with van der Waals surface area (Å²) < 4.78 is 5.35. The van der Waals surface area contributed by atoms with Gasteiger partial charge < -0.3 is 4.42 Å². The zero-order valence-corrected chi connectivity index (χ0v) is 12.4. The zero-order chi connectivity index (χ0) is 16.1. The van der Waals surface area contributed by atoms with Crippen LogP contribution in [0, 0.1) is 4.91 Å². The normalized spacial score (nSPS) is 12.9. The molecule has 2 rings (SSSR count). The summed E-state index contributed by atoms with van der Waals surface area (Å²) in [5, 5.41) is 3.64. The highest BCUT2D eigenvalue weighted by molar-refractivity contribution is 5.90. The lowest BCUT2D eigenvalue weighted by atomic mass is 9.87. The van der Waals surface area contributed by atoms with Gasteiger partial charge in [-0.25, -0.2) is 4.79 Å². The Bertz CT molecular complexity index is 815. The smallest absolute Gasteiger partial charge is 0.342 e. The minimum Gasteiger partial charge on any atom is -0.422 e. The average molecular weight is 295 g/mol. The molecule has 0 aliphatic heterocycles. The summed E-state index contributed by atoms with van der Waals surface area (Å²) in [5.41, 5.74) is 1.01. The molecule has 0 aliphatic carbocycles. The van der Waals surface area contributed by atoms with E-state index >= 15 is 0 Å². The Morgan fingerprint density at radius 3 is 2.68 bits per heavy atom. The van der Waals surface area contributed by atoms with E-state index in [0.717, 1.165) is 5.57 Å². The maximum Gasteiger partial charge on any atom is 0.342 e. The molecule has 1 atom stereocenters. The maximum atomic E-state index is 12.4. The van der Waals surface area contributed by atoms with Crippen molar-refractivity contribution in [1.29, 1.82) is 0 Å². The Kier molecular flexibility index (Phi) is 4.84. The van der Waals surface area contributed by atoms with Gasteiger partial charge in [0.2, 0.25) is 0 Å². The summed E-state index contributed by atoms with van der Waals surface area (Å²) in [6.07, 6.45) is 5.65. The molecule has 4 heteroatoms. The number of benzene rings is 1. The van der Waals surface area contributed by atoms with Crippen LogP contribution >= 0.6 is 0 Å². The van der Waals surface area contributed by atoms with Crippen LogP contribution in [0.5, 0.6) is 0 Å². The van der Waals surface area contributed by atoms with Gasteiger partial charge in [0.05, 0.1) is 5.56 Å². The summed E-state index contributed by atoms with van der Waals surface area (Å²) >= 11 is 0. The Morgan fingerprint density at radius 2 is 2.09 bits per heavy atom. The number of nitrogens with zero attached hydrogens (tertiary/aromatic N) is 1. The Morgan fingerprint density at radius 1 is 1.36 bits per heavy atom. The maximum absolute atomic E-state index is 12.4. The van der Waals surface area contributed by atoms with Crippen molar-refractivity contribution in [3.8, 4) is 0 Å². The number of para-hydroxylation sites is 1. The predicted molar refractivity (Wildman–Crippen MR) is 89.4 cm³/mol. The molecule has 4 nitrogen and oxygen atoms in total. The molecule has 0 bridgehead atoms. The van der Waals surface area contributed by atoms with Gasteiger partial charge in [0.15, 0.2) is 0 Å². The van der Waals surface area contributed by atoms with Crippen LogP contribution in [0.1, 0.15) is 24.8 Å². The predicted octanol–water partition coefficient (Wildman–Crippen LogP) is 4.98. The van der Waals surface area contributed by atoms with Gasteiger partial charge in [-0.3, -0.25) is 0 Å². The van der Waals surface area contributed by atoms with Gasteiger partial charge in [0, 0.05) is 11.3 Å². The molecule has 1 aromatic heterocycles. The van der Waals surface area contributed by atoms with E-state index in [0.29, 0.717) is 17.4 Å². The first kappa shape index (κ1) is 15.6. The van der Waals surface area contributed by atoms with E-state index in [-0.39, 0.29) is 17.2 Å². The fourth-order valence-corrected chi connectivity index (χ4v) is 2.62. The number of nitroso groups, excluding NO2 is 1. The van der Waals surface area contributed by atoms with Crippen LogP contribution < -0.4 is 5.63 Å². The summed E-state index contributed by atoms with van der Waals surface area (Å²) in [5.74, 6) is -0.316. The third-order valence-electron chi connectivity index (χ3n) is 3.62. The first-order valence-electron chi connectivity index (χ1n) is 7.02. The summed E-state index contributed by atoms with van der Waals surface area (Å²) in [6, 6.07) is 6.87. The molecule has 1 aromatic carbocycles. The van der Waals surface area contributed by atoms with Gasteiger partial charge in [0.1, 0.15) is 11.3 Å². The molecule has 0 spiro atoms. The highest BCUT2D eigenvalue weighted by atomic mass is 16.4. The van der Waals surface area contributed by atoms with E-state index in [1.807, 2.05) is 6.92 Å². The average Bonchev–Trinajstić information content (AvgIpc) is 2.54. The monoisotopic (exact) mass is 295 g/mol. The third kappa shape index (κ3) is 2.68. The summed E-state index contributed by atoms with van der Waals surface area (Å²) in [4.78, 5) is 23.8. The fourth-order valence-electron chi connectivity index (χ4n) is 2.62. The Labute approximate surface area is 128 Å². The number of hydrogen-bond acceptors (Lipinski definition) is 4. The number of fused-ring (bicyclic) bond motifs is 1. The molecular formula is C18H17NO3. The van der Waals surface area contributed by atoms with Crippen LogP contribution in [0.25, 0.3) is 11.0 Å². The summed E-state index contributed by atoms with van der Waals surface area (Å²) in [6.45, 7) is 9.35. The molecule has 0 aliphatic rings. The van der Waals surface area contributed by atoms with Crippen LogP contribution in [-0.4, -0.2) is 0 Å². The Hall–Kier alpha value is -2.75. The molecule has 0 saturated carbocycles. The van der Waals surface area contributed by atoms with Crippen LogP contribution in [0.15, 0.2) is 75.6 Å². The molecule has 1 unspecified atom stereocenters. The highest BCUT2D eigenvalue weighted by Gasteiger charge is 2.24. The first-order valence-corrected chi connectivity index (χ1v) is 7.02. The van der Waals surface area contributed by atoms with E-state index in [4.69, 9.17) is 4.42 Å². The molecule has 2 aromatic rings. The lowest BCUT2D eigenvalue weighted by Crippen LogP contribution is -2.14. The van der Waals surface area contributed by atoms with Crippen molar-refractivity contribution in [2.24, 2.45) is 5.18 Å². The zero-order valence-electron chi connectivity index (χ0n) is 12.4. The second-order valence-electron chi connectivity index (χ2n) is 4.81. The first-order chi connectivity index (χ1) is 10.7. The molecule has 22 heavy (non-hydrogen) atoms. The molecular weight excluding hydrogens is 278 g/mol. The number of allylic oxidation sites excluding steroid dienone is 4. The van der Waals surface area contributed by atoms with Gasteiger partial charge in [-0.2, -0.15) is 0 Å². The van der Waals surface area contributed by atoms with Gasteiger partial charge in [-0.1, -0.05) is 50.4 Å². The van der Waals surface area contributed by atoms with Crippen molar-refractivity contribution >= 4 is 16.7 Å². The number of rotatable bonds is 6. The van der Waals surface area contributed by atoms with E-state index in [1.54, 1.807) is 42.5 Å². The molecule has 0 fully saturated rings. The van der Waals surface area contributed by atoms with Gasteiger partial charge in [-0.05, 0) is 29.3 Å². The number of hydrogen-bond donors (Lipinski definition) is 0. The van der Waals surface area contributed by atoms with Crippen LogP contribution in [0.4, 0.5) is 5.69 Å². The van der Waals surface area contributed by atoms with Crippen molar-refractivity contribution in [1.82, 2.24) is 0 Å². The molecule has 0 amide bonds. The van der Waals surface area contributed by atoms with Crippen molar-refractivity contribution in [3.63, 3.8) is 0 Å². The molecule has 0 N–H and O–H groups in total. The van der Waals surface area contributed by atoms with Gasteiger partial charge >= 0.3 is 5.63 Å². The minimum absolute atomic E-state index is 0.135. The van der Waals surface area contributed by atoms with Crippen molar-refractivity contribution in [2.45, 2.75) is 19.3 Å². The van der Waals surface area contributed by atoms with E-state index < -0.39 is 5.63 Å². The van der Waals surface area contributed by atoms with Crippen LogP contribution in [-0.2, 0) is 0 Å². The second-order valence-corrected chi connectivity index (χ2v) is 4.81. The van der Waals surface area contributed by atoms with Crippen LogP contribution in [0.2, 0.25) is 0 Å². The summed E-state index contributed by atoms with van der Waals surface area (Å²) in [7, 11) is 0. The van der Waals surface area contributed by atoms with E-state index in [9.17, 15) is 9.70 Å². The van der Waals surface area contributed by atoms with Crippen LogP contribution in [0.3, 0.4) is 0 Å². The largest absolute Gasteiger partial charge is 0.422 e. The Balaban J connectivity index is 2.83. The fraction of sp³-hybridized carbons (Fsp3) is 0.167. The van der Waals surface area contributed by atoms with Gasteiger partial charge in [-0.15, -0.1) is 4.91 Å². The van der Waals surface area contributed by atoms with Crippen molar-refractivity contribution in [2.75, 3.05) is 0 Å². The lowest BCUT2D eigenvalue weighted by molar-refractivity contribution is 0.542. The van der Waals surface area contributed by atoms with Crippen molar-refractivity contribution < 1.29 is 4.42 Å². The van der Waals surface area contributed by atoms with E-state index in [2.05, 4.69) is 18.3 Å². The lowest BCUT2D eigenvalue weighted by Gasteiger charge is -2.17. The molecule has 0 saturated heterocycles. The standard InChI is InChI=1S/C18H17NO3/c1-4-9-12(5-2)13(6-3)16-17(19-21)14-10-7-8-11-15(14)22-18(16)20/h4-5,7-11,13H,1-2,6H2,3H3/b12-9+. The molecule has 0 radical (unpaired) electrons. The van der Waals surface area contributed by atoms with Gasteiger partial charge in [0.25, 0.3) is 0 Å². The third-order valence-corrected chi connectivity index (χ3v) is 3.62. The topological polar surface area (TPSA) is 59.6 Å². The second kappa shape index (κ2) is 6.80. The highest BCUT2D eigenvalue weighted by Crippen LogP contribution is 2.37. The molecule has 1 heterocycles. The molecule has 112 valence electrons. The van der Waals surface area contributed by atoms with E-state index in [1.165, 1.54) is 0 Å². The van der Waals surface area contributed by atoms with Crippen molar-refractivity contribution in [3.05, 3.63) is 82.1 Å².